The van der Waals surface area contributed by atoms with Crippen molar-refractivity contribution in [3.05, 3.63) is 53.9 Å². The maximum absolute atomic E-state index is 14.0. The lowest BCUT2D eigenvalue weighted by molar-refractivity contribution is -0.141. The number of aliphatic hydroxyl groups is 1. The van der Waals surface area contributed by atoms with Gasteiger partial charge in [-0.15, -0.1) is 0 Å². The van der Waals surface area contributed by atoms with Gasteiger partial charge in [0.1, 0.15) is 17.1 Å². The molecule has 0 spiro atoms. The van der Waals surface area contributed by atoms with Crippen molar-refractivity contribution in [2.24, 2.45) is 5.92 Å². The SMILES string of the molecule is CN1CCC([C@@](C)(O)c2ccc3cnc(Nc4cc(C(F)(F)F)ncc4F)cc3n2)CC1. The van der Waals surface area contributed by atoms with E-state index in [9.17, 15) is 22.7 Å². The summed E-state index contributed by atoms with van der Waals surface area (Å²) in [5.74, 6) is -0.763. The van der Waals surface area contributed by atoms with Crippen molar-refractivity contribution in [1.82, 2.24) is 19.9 Å². The Kier molecular flexibility index (Phi) is 5.76. The number of piperidine rings is 1. The molecule has 1 atom stereocenters. The molecule has 170 valence electrons. The van der Waals surface area contributed by atoms with Gasteiger partial charge in [-0.05, 0) is 64.0 Å². The molecule has 6 nitrogen and oxygen atoms in total. The number of alkyl halides is 3. The average molecular weight is 449 g/mol. The van der Waals surface area contributed by atoms with Gasteiger partial charge >= 0.3 is 6.18 Å². The molecule has 4 rings (SSSR count). The zero-order valence-corrected chi connectivity index (χ0v) is 17.6. The fraction of sp³-hybridized carbons (Fsp3) is 0.409. The Morgan fingerprint density at radius 2 is 1.78 bits per heavy atom. The Balaban J connectivity index is 1.63. The maximum Gasteiger partial charge on any atom is 0.433 e. The van der Waals surface area contributed by atoms with Crippen molar-refractivity contribution in [2.75, 3.05) is 25.5 Å². The summed E-state index contributed by atoms with van der Waals surface area (Å²) in [4.78, 5) is 14.0. The van der Waals surface area contributed by atoms with Crippen molar-refractivity contribution in [3.8, 4) is 0 Å². The number of hydrogen-bond acceptors (Lipinski definition) is 6. The highest BCUT2D eigenvalue weighted by Crippen LogP contribution is 2.36. The van der Waals surface area contributed by atoms with Gasteiger partial charge in [-0.1, -0.05) is 0 Å². The molecule has 1 aliphatic heterocycles. The Morgan fingerprint density at radius 3 is 2.47 bits per heavy atom. The van der Waals surface area contributed by atoms with Gasteiger partial charge in [-0.25, -0.2) is 19.3 Å². The smallest absolute Gasteiger partial charge is 0.384 e. The number of nitrogens with one attached hydrogen (secondary N) is 1. The van der Waals surface area contributed by atoms with Crippen LogP contribution in [0.5, 0.6) is 0 Å². The van der Waals surface area contributed by atoms with Crippen molar-refractivity contribution < 1.29 is 22.7 Å². The zero-order chi connectivity index (χ0) is 23.1. The predicted molar refractivity (Wildman–Crippen MR) is 112 cm³/mol. The Labute approximate surface area is 182 Å². The molecule has 0 saturated carbocycles. The van der Waals surface area contributed by atoms with Gasteiger partial charge in [-0.3, -0.25) is 0 Å². The number of halogens is 4. The van der Waals surface area contributed by atoms with E-state index in [2.05, 4.69) is 25.2 Å². The molecule has 4 heterocycles. The molecule has 0 unspecified atom stereocenters. The molecule has 0 amide bonds. The third-order valence-electron chi connectivity index (χ3n) is 6.01. The molecule has 0 aromatic carbocycles. The minimum atomic E-state index is -4.70. The van der Waals surface area contributed by atoms with Crippen LogP contribution < -0.4 is 5.32 Å². The molecule has 2 N–H and O–H groups in total. The molecule has 1 saturated heterocycles. The van der Waals surface area contributed by atoms with Crippen molar-refractivity contribution >= 4 is 22.4 Å². The van der Waals surface area contributed by atoms with E-state index in [1.54, 1.807) is 19.1 Å². The van der Waals surface area contributed by atoms with E-state index < -0.39 is 29.0 Å². The zero-order valence-electron chi connectivity index (χ0n) is 17.6. The third kappa shape index (κ3) is 4.51. The minimum Gasteiger partial charge on any atom is -0.384 e. The van der Waals surface area contributed by atoms with Crippen LogP contribution in [-0.2, 0) is 11.8 Å². The standard InChI is InChI=1S/C22H23F4N5O/c1-21(32,14-5-7-31(2)8-6-14)18-4-3-13-11-28-20(10-16(13)29-18)30-17-9-19(22(24,25)26)27-12-15(17)23/h3-4,9-12,14,32H,5-8H2,1-2H3,(H,27,28,30)/t21-/m1/s1. The van der Waals surface area contributed by atoms with Gasteiger partial charge < -0.3 is 15.3 Å². The van der Waals surface area contributed by atoms with E-state index in [0.29, 0.717) is 28.9 Å². The van der Waals surface area contributed by atoms with Gasteiger partial charge in [0.2, 0.25) is 0 Å². The first kappa shape index (κ1) is 22.3. The van der Waals surface area contributed by atoms with Crippen molar-refractivity contribution in [2.45, 2.75) is 31.5 Å². The summed E-state index contributed by atoms with van der Waals surface area (Å²) in [7, 11) is 2.05. The number of rotatable bonds is 4. The highest BCUT2D eigenvalue weighted by atomic mass is 19.4. The van der Waals surface area contributed by atoms with Gasteiger partial charge in [-0.2, -0.15) is 13.2 Å². The molecule has 3 aromatic rings. The average Bonchev–Trinajstić information content (AvgIpc) is 2.74. The number of anilines is 2. The highest BCUT2D eigenvalue weighted by Gasteiger charge is 2.37. The molecule has 0 bridgehead atoms. The fourth-order valence-corrected chi connectivity index (χ4v) is 3.97. The molecule has 0 aliphatic carbocycles. The minimum absolute atomic E-state index is 0.0507. The first-order valence-corrected chi connectivity index (χ1v) is 10.2. The summed E-state index contributed by atoms with van der Waals surface area (Å²) < 4.78 is 52.8. The van der Waals surface area contributed by atoms with Gasteiger partial charge in [0.25, 0.3) is 0 Å². The van der Waals surface area contributed by atoms with E-state index in [1.807, 2.05) is 7.05 Å². The van der Waals surface area contributed by atoms with Gasteiger partial charge in [0, 0.05) is 17.6 Å². The summed E-state index contributed by atoms with van der Waals surface area (Å²) in [6.45, 7) is 3.54. The summed E-state index contributed by atoms with van der Waals surface area (Å²) in [6.07, 6.45) is -1.01. The molecule has 3 aromatic heterocycles. The Hall–Kier alpha value is -2.85. The number of hydrogen-bond donors (Lipinski definition) is 2. The molecule has 1 aliphatic rings. The molecular formula is C22H23F4N5O. The lowest BCUT2D eigenvalue weighted by atomic mass is 9.79. The normalized spacial score (nSPS) is 18.0. The van der Waals surface area contributed by atoms with Crippen molar-refractivity contribution in [3.63, 3.8) is 0 Å². The number of nitrogens with zero attached hydrogens (tertiary/aromatic N) is 4. The lowest BCUT2D eigenvalue weighted by Crippen LogP contribution is -2.41. The van der Waals surface area contributed by atoms with E-state index in [0.717, 1.165) is 25.9 Å². The monoisotopic (exact) mass is 449 g/mol. The van der Waals surface area contributed by atoms with E-state index >= 15 is 0 Å². The second-order valence-electron chi connectivity index (χ2n) is 8.36. The fourth-order valence-electron chi connectivity index (χ4n) is 3.97. The topological polar surface area (TPSA) is 74.2 Å². The first-order chi connectivity index (χ1) is 15.0. The van der Waals surface area contributed by atoms with Crippen LogP contribution in [0.25, 0.3) is 10.9 Å². The predicted octanol–water partition coefficient (Wildman–Crippen LogP) is 4.48. The molecule has 1 fully saturated rings. The number of likely N-dealkylation sites (tertiary alicyclic amines) is 1. The second kappa shape index (κ2) is 8.25. The summed E-state index contributed by atoms with van der Waals surface area (Å²) in [5.41, 5.74) is -1.75. The number of pyridine rings is 3. The Morgan fingerprint density at radius 1 is 1.06 bits per heavy atom. The third-order valence-corrected chi connectivity index (χ3v) is 6.01. The van der Waals surface area contributed by atoms with Crippen LogP contribution in [0.2, 0.25) is 0 Å². The Bertz CT molecular complexity index is 1130. The number of fused-ring (bicyclic) bond motifs is 1. The van der Waals surface area contributed by atoms with Gasteiger partial charge in [0.05, 0.1) is 23.1 Å². The summed E-state index contributed by atoms with van der Waals surface area (Å²) >= 11 is 0. The van der Waals surface area contributed by atoms with E-state index in [-0.39, 0.29) is 11.7 Å². The van der Waals surface area contributed by atoms with Crippen LogP contribution in [0, 0.1) is 11.7 Å². The quantitative estimate of drug-likeness (QED) is 0.573. The summed E-state index contributed by atoms with van der Waals surface area (Å²) in [5, 5.41) is 14.5. The van der Waals surface area contributed by atoms with Crippen LogP contribution in [-0.4, -0.2) is 45.1 Å². The lowest BCUT2D eigenvalue weighted by Gasteiger charge is -2.38. The molecule has 10 heteroatoms. The van der Waals surface area contributed by atoms with Crippen LogP contribution in [0.4, 0.5) is 29.1 Å². The molecule has 0 radical (unpaired) electrons. The largest absolute Gasteiger partial charge is 0.433 e. The molecular weight excluding hydrogens is 426 g/mol. The van der Waals surface area contributed by atoms with Crippen LogP contribution in [0.1, 0.15) is 31.2 Å². The maximum atomic E-state index is 14.0. The van der Waals surface area contributed by atoms with Crippen LogP contribution in [0.15, 0.2) is 36.7 Å². The highest BCUT2D eigenvalue weighted by molar-refractivity contribution is 5.81. The second-order valence-corrected chi connectivity index (χ2v) is 8.36. The van der Waals surface area contributed by atoms with Crippen molar-refractivity contribution in [1.29, 1.82) is 0 Å². The van der Waals surface area contributed by atoms with E-state index in [4.69, 9.17) is 0 Å². The summed E-state index contributed by atoms with van der Waals surface area (Å²) in [6, 6.07) is 5.65. The first-order valence-electron chi connectivity index (χ1n) is 10.2. The number of aromatic nitrogens is 3. The molecule has 32 heavy (non-hydrogen) atoms. The van der Waals surface area contributed by atoms with E-state index in [1.165, 1.54) is 12.3 Å². The van der Waals surface area contributed by atoms with Gasteiger partial charge in [0.15, 0.2) is 5.82 Å². The van der Waals surface area contributed by atoms with Crippen LogP contribution >= 0.6 is 0 Å². The van der Waals surface area contributed by atoms with Crippen LogP contribution in [0.3, 0.4) is 0 Å².